The van der Waals surface area contributed by atoms with Crippen molar-refractivity contribution in [2.75, 3.05) is 53.6 Å². The number of nitrogens with one attached hydrogen (secondary N) is 1. The molecule has 1 aliphatic heterocycles. The fraction of sp³-hybridized carbons (Fsp3) is 1.00. The van der Waals surface area contributed by atoms with Gasteiger partial charge in [0.05, 0.1) is 19.8 Å². The van der Waals surface area contributed by atoms with Gasteiger partial charge in [0.15, 0.2) is 0 Å². The van der Waals surface area contributed by atoms with Crippen molar-refractivity contribution in [3.05, 3.63) is 0 Å². The summed E-state index contributed by atoms with van der Waals surface area (Å²) in [5.41, 5.74) is 0. The first kappa shape index (κ1) is 15.1. The van der Waals surface area contributed by atoms with Crippen LogP contribution in [0.4, 0.5) is 0 Å². The zero-order valence-corrected chi connectivity index (χ0v) is 10.5. The molecule has 0 amide bonds. The maximum Gasteiger partial charge on any atom is 0.0700 e. The molecule has 1 unspecified atom stereocenters. The molecule has 1 N–H and O–H groups in total. The molecule has 0 bridgehead atoms. The van der Waals surface area contributed by atoms with E-state index in [1.165, 1.54) is 13.0 Å². The molecule has 0 aromatic carbocycles. The molecule has 5 heteroatoms. The summed E-state index contributed by atoms with van der Waals surface area (Å²) in [7, 11) is 3.73. The lowest BCUT2D eigenvalue weighted by Gasteiger charge is -2.15. The summed E-state index contributed by atoms with van der Waals surface area (Å²) in [5.74, 6) is 0. The Hall–Kier alpha value is 0.130. The molecule has 0 aromatic rings. The van der Waals surface area contributed by atoms with E-state index in [1.54, 1.807) is 7.11 Å². The smallest absolute Gasteiger partial charge is 0.0700 e. The molecule has 4 nitrogen and oxygen atoms in total. The largest absolute Gasteiger partial charge is 0.382 e. The topological polar surface area (TPSA) is 33.7 Å². The van der Waals surface area contributed by atoms with Crippen LogP contribution in [0.2, 0.25) is 0 Å². The van der Waals surface area contributed by atoms with Crippen LogP contribution in [0, 0.1) is 0 Å². The fourth-order valence-corrected chi connectivity index (χ4v) is 1.71. The maximum atomic E-state index is 5.42. The van der Waals surface area contributed by atoms with E-state index in [1.807, 2.05) is 7.05 Å². The molecule has 0 saturated carbocycles. The summed E-state index contributed by atoms with van der Waals surface area (Å²) in [6, 6.07) is 0.675. The molecule has 1 atom stereocenters. The Balaban J connectivity index is 0.00000196. The Bertz CT molecular complexity index is 149. The van der Waals surface area contributed by atoms with Gasteiger partial charge >= 0.3 is 0 Å². The van der Waals surface area contributed by atoms with E-state index in [4.69, 9.17) is 9.47 Å². The van der Waals surface area contributed by atoms with Crippen molar-refractivity contribution in [2.45, 2.75) is 12.5 Å². The second kappa shape index (κ2) is 9.36. The molecule has 1 saturated heterocycles. The van der Waals surface area contributed by atoms with E-state index in [-0.39, 0.29) is 12.4 Å². The number of likely N-dealkylation sites (tertiary alicyclic amines) is 1. The minimum absolute atomic E-state index is 0. The van der Waals surface area contributed by atoms with Crippen molar-refractivity contribution in [3.8, 4) is 0 Å². The first-order valence-electron chi connectivity index (χ1n) is 5.33. The average molecular weight is 239 g/mol. The van der Waals surface area contributed by atoms with Crippen LogP contribution in [-0.4, -0.2) is 64.6 Å². The van der Waals surface area contributed by atoms with Gasteiger partial charge in [0.2, 0.25) is 0 Å². The van der Waals surface area contributed by atoms with Gasteiger partial charge in [-0.3, -0.25) is 4.90 Å². The third kappa shape index (κ3) is 6.33. The Morgan fingerprint density at radius 1 is 1.33 bits per heavy atom. The van der Waals surface area contributed by atoms with Crippen LogP contribution >= 0.6 is 12.4 Å². The number of methoxy groups -OCH3 is 1. The van der Waals surface area contributed by atoms with Crippen molar-refractivity contribution in [1.29, 1.82) is 0 Å². The zero-order chi connectivity index (χ0) is 10.2. The third-order valence-corrected chi connectivity index (χ3v) is 2.66. The number of hydrogen-bond acceptors (Lipinski definition) is 4. The van der Waals surface area contributed by atoms with Gasteiger partial charge < -0.3 is 14.8 Å². The zero-order valence-electron chi connectivity index (χ0n) is 9.70. The minimum Gasteiger partial charge on any atom is -0.382 e. The normalized spacial score (nSPS) is 21.6. The number of likely N-dealkylation sites (N-methyl/N-ethyl adjacent to an activating group) is 1. The summed E-state index contributed by atoms with van der Waals surface area (Å²) in [6.07, 6.45) is 1.26. The highest BCUT2D eigenvalue weighted by molar-refractivity contribution is 5.85. The van der Waals surface area contributed by atoms with E-state index < -0.39 is 0 Å². The van der Waals surface area contributed by atoms with E-state index in [9.17, 15) is 0 Å². The van der Waals surface area contributed by atoms with Crippen LogP contribution in [0.1, 0.15) is 6.42 Å². The highest BCUT2D eigenvalue weighted by Crippen LogP contribution is 2.07. The Morgan fingerprint density at radius 3 is 2.73 bits per heavy atom. The van der Waals surface area contributed by atoms with Gasteiger partial charge in [0.1, 0.15) is 0 Å². The highest BCUT2D eigenvalue weighted by Gasteiger charge is 2.19. The molecule has 0 radical (unpaired) electrons. The number of rotatable bonds is 7. The molecule has 0 spiro atoms. The third-order valence-electron chi connectivity index (χ3n) is 2.66. The van der Waals surface area contributed by atoms with Crippen LogP contribution in [0.25, 0.3) is 0 Å². The molecule has 0 aliphatic carbocycles. The molecule has 1 rings (SSSR count). The van der Waals surface area contributed by atoms with E-state index in [2.05, 4.69) is 10.2 Å². The SMILES string of the molecule is CNC1CCN(CCOCCOC)C1.Cl. The van der Waals surface area contributed by atoms with Crippen molar-refractivity contribution >= 4 is 12.4 Å². The summed E-state index contributed by atoms with van der Waals surface area (Å²) in [4.78, 5) is 2.44. The van der Waals surface area contributed by atoms with E-state index in [0.29, 0.717) is 19.3 Å². The van der Waals surface area contributed by atoms with Crippen molar-refractivity contribution in [2.24, 2.45) is 0 Å². The van der Waals surface area contributed by atoms with Gasteiger partial charge in [-0.15, -0.1) is 12.4 Å². The Labute approximate surface area is 98.7 Å². The molecular formula is C10H23ClN2O2. The maximum absolute atomic E-state index is 5.42. The first-order chi connectivity index (χ1) is 6.86. The fourth-order valence-electron chi connectivity index (χ4n) is 1.71. The molecule has 1 heterocycles. The number of halogens is 1. The molecule has 0 aromatic heterocycles. The molecule has 1 aliphatic rings. The molecule has 1 fully saturated rings. The van der Waals surface area contributed by atoms with Crippen molar-refractivity contribution in [3.63, 3.8) is 0 Å². The van der Waals surface area contributed by atoms with Gasteiger partial charge in [-0.1, -0.05) is 0 Å². The summed E-state index contributed by atoms with van der Waals surface area (Å²) in [6.45, 7) is 5.61. The number of ether oxygens (including phenoxy) is 2. The lowest BCUT2D eigenvalue weighted by atomic mass is 10.3. The lowest BCUT2D eigenvalue weighted by molar-refractivity contribution is 0.0601. The van der Waals surface area contributed by atoms with Gasteiger partial charge in [-0.05, 0) is 20.0 Å². The van der Waals surface area contributed by atoms with E-state index in [0.717, 1.165) is 19.7 Å². The summed E-state index contributed by atoms with van der Waals surface area (Å²) >= 11 is 0. The Morgan fingerprint density at radius 2 is 2.13 bits per heavy atom. The van der Waals surface area contributed by atoms with Crippen LogP contribution in [0.5, 0.6) is 0 Å². The van der Waals surface area contributed by atoms with Crippen LogP contribution in [-0.2, 0) is 9.47 Å². The minimum atomic E-state index is 0. The monoisotopic (exact) mass is 238 g/mol. The number of hydrogen-bond donors (Lipinski definition) is 1. The van der Waals surface area contributed by atoms with Gasteiger partial charge in [0, 0.05) is 26.2 Å². The summed E-state index contributed by atoms with van der Waals surface area (Å²) < 4.78 is 10.3. The molecule has 92 valence electrons. The Kier molecular flexibility index (Phi) is 9.44. The van der Waals surface area contributed by atoms with E-state index >= 15 is 0 Å². The number of nitrogens with zero attached hydrogens (tertiary/aromatic N) is 1. The van der Waals surface area contributed by atoms with Crippen LogP contribution < -0.4 is 5.32 Å². The van der Waals surface area contributed by atoms with Gasteiger partial charge in [-0.25, -0.2) is 0 Å². The van der Waals surface area contributed by atoms with Gasteiger partial charge in [-0.2, -0.15) is 0 Å². The predicted octanol–water partition coefficient (Wildman–Crippen LogP) is 0.365. The van der Waals surface area contributed by atoms with Crippen LogP contribution in [0.15, 0.2) is 0 Å². The van der Waals surface area contributed by atoms with Gasteiger partial charge in [0.25, 0.3) is 0 Å². The second-order valence-corrected chi connectivity index (χ2v) is 3.68. The van der Waals surface area contributed by atoms with Crippen molar-refractivity contribution in [1.82, 2.24) is 10.2 Å². The molecular weight excluding hydrogens is 216 g/mol. The lowest BCUT2D eigenvalue weighted by Crippen LogP contribution is -2.31. The quantitative estimate of drug-likeness (QED) is 0.650. The summed E-state index contributed by atoms with van der Waals surface area (Å²) in [5, 5.41) is 3.30. The first-order valence-corrected chi connectivity index (χ1v) is 5.33. The highest BCUT2D eigenvalue weighted by atomic mass is 35.5. The second-order valence-electron chi connectivity index (χ2n) is 3.68. The van der Waals surface area contributed by atoms with Crippen molar-refractivity contribution < 1.29 is 9.47 Å². The predicted molar refractivity (Wildman–Crippen MR) is 63.8 cm³/mol. The van der Waals surface area contributed by atoms with Crippen LogP contribution in [0.3, 0.4) is 0 Å². The average Bonchev–Trinajstić information content (AvgIpc) is 2.65. The molecule has 15 heavy (non-hydrogen) atoms. The standard InChI is InChI=1S/C10H22N2O2.ClH/c1-11-10-3-4-12(9-10)5-6-14-8-7-13-2;/h10-11H,3-9H2,1-2H3;1H.